The van der Waals surface area contributed by atoms with Gasteiger partial charge in [0.05, 0.1) is 17.2 Å². The van der Waals surface area contributed by atoms with Gasteiger partial charge in [0.2, 0.25) is 0 Å². The molecule has 2 aliphatic rings. The minimum absolute atomic E-state index is 0.0207. The molecule has 1 aromatic heterocycles. The maximum absolute atomic E-state index is 14.6. The van der Waals surface area contributed by atoms with Crippen molar-refractivity contribution in [2.24, 2.45) is 17.8 Å². The minimum atomic E-state index is -3.42. The van der Waals surface area contributed by atoms with Crippen molar-refractivity contribution in [2.75, 3.05) is 26.0 Å². The molecule has 0 unspecified atom stereocenters. The maximum atomic E-state index is 14.6. The molecule has 10 heteroatoms. The molecule has 178 valence electrons. The number of hydrogen-bond acceptors (Lipinski definition) is 6. The molecule has 2 atom stereocenters. The molecule has 1 saturated heterocycles. The number of rotatable bonds is 5. The number of halogens is 2. The molecule has 1 aromatic carbocycles. The minimum Gasteiger partial charge on any atom is -0.487 e. The topological polar surface area (TPSA) is 85.8 Å². The Labute approximate surface area is 191 Å². The Bertz CT molecular complexity index is 1140. The monoisotopic (exact) mass is 480 g/mol. The Morgan fingerprint density at radius 2 is 1.76 bits per heavy atom. The van der Waals surface area contributed by atoms with Gasteiger partial charge in [-0.2, -0.15) is 0 Å². The highest BCUT2D eigenvalue weighted by atomic mass is 32.2. The summed E-state index contributed by atoms with van der Waals surface area (Å²) in [5, 5.41) is 0. The van der Waals surface area contributed by atoms with Gasteiger partial charge in [-0.3, -0.25) is 4.98 Å². The normalized spacial score (nSPS) is 22.1. The SMILES string of the molecule is CC(C)(C)OC(=O)N1C[C@@H]2C(COc3c(F)cc(-c4ccc(S(C)(=O)=O)cn4)cc3F)[C@H]2C1. The van der Waals surface area contributed by atoms with Crippen LogP contribution >= 0.6 is 0 Å². The first-order valence-electron chi connectivity index (χ1n) is 10.6. The highest BCUT2D eigenvalue weighted by Gasteiger charge is 2.57. The summed E-state index contributed by atoms with van der Waals surface area (Å²) in [5.41, 5.74) is -0.141. The van der Waals surface area contributed by atoms with Crippen molar-refractivity contribution in [3.8, 4) is 17.0 Å². The van der Waals surface area contributed by atoms with Gasteiger partial charge >= 0.3 is 6.09 Å². The van der Waals surface area contributed by atoms with Crippen LogP contribution in [0.4, 0.5) is 13.6 Å². The van der Waals surface area contributed by atoms with Gasteiger partial charge in [-0.1, -0.05) is 0 Å². The first kappa shape index (κ1) is 23.4. The summed E-state index contributed by atoms with van der Waals surface area (Å²) in [5.74, 6) is -1.57. The van der Waals surface area contributed by atoms with Crippen molar-refractivity contribution < 1.29 is 31.5 Å². The molecular weight excluding hydrogens is 454 g/mol. The van der Waals surface area contributed by atoms with E-state index in [4.69, 9.17) is 9.47 Å². The smallest absolute Gasteiger partial charge is 0.410 e. The molecule has 2 fully saturated rings. The number of amides is 1. The van der Waals surface area contributed by atoms with Crippen molar-refractivity contribution in [3.63, 3.8) is 0 Å². The van der Waals surface area contributed by atoms with Gasteiger partial charge in [0, 0.05) is 37.0 Å². The second-order valence-electron chi connectivity index (χ2n) is 9.61. The quantitative estimate of drug-likeness (QED) is 0.645. The lowest BCUT2D eigenvalue weighted by Crippen LogP contribution is -2.37. The van der Waals surface area contributed by atoms with Gasteiger partial charge in [0.15, 0.2) is 27.2 Å². The van der Waals surface area contributed by atoms with E-state index in [1.54, 1.807) is 4.90 Å². The van der Waals surface area contributed by atoms with Crippen LogP contribution in [0.5, 0.6) is 5.75 Å². The molecule has 2 heterocycles. The molecule has 0 bridgehead atoms. The first-order chi connectivity index (χ1) is 15.3. The second kappa shape index (κ2) is 8.23. The lowest BCUT2D eigenvalue weighted by molar-refractivity contribution is 0.0260. The van der Waals surface area contributed by atoms with E-state index >= 15 is 0 Å². The number of aromatic nitrogens is 1. The lowest BCUT2D eigenvalue weighted by atomic mass is 10.1. The highest BCUT2D eigenvalue weighted by Crippen LogP contribution is 2.52. The molecule has 33 heavy (non-hydrogen) atoms. The second-order valence-corrected chi connectivity index (χ2v) is 11.6. The van der Waals surface area contributed by atoms with Gasteiger partial charge in [0.25, 0.3) is 0 Å². The van der Waals surface area contributed by atoms with E-state index in [9.17, 15) is 22.0 Å². The Morgan fingerprint density at radius 3 is 2.24 bits per heavy atom. The van der Waals surface area contributed by atoms with Crippen molar-refractivity contribution in [3.05, 3.63) is 42.1 Å². The van der Waals surface area contributed by atoms with E-state index in [1.165, 1.54) is 12.1 Å². The average molecular weight is 481 g/mol. The molecule has 7 nitrogen and oxygen atoms in total. The molecule has 2 aromatic rings. The Hall–Kier alpha value is -2.75. The zero-order valence-electron chi connectivity index (χ0n) is 18.8. The lowest BCUT2D eigenvalue weighted by Gasteiger charge is -2.25. The van der Waals surface area contributed by atoms with Crippen LogP contribution in [-0.4, -0.2) is 55.9 Å². The average Bonchev–Trinajstić information content (AvgIpc) is 3.14. The van der Waals surface area contributed by atoms with Gasteiger partial charge in [-0.25, -0.2) is 22.0 Å². The van der Waals surface area contributed by atoms with Gasteiger partial charge in [-0.05, 0) is 56.9 Å². The van der Waals surface area contributed by atoms with Crippen LogP contribution < -0.4 is 4.74 Å². The summed E-state index contributed by atoms with van der Waals surface area (Å²) in [7, 11) is -3.42. The number of hydrogen-bond donors (Lipinski definition) is 0. The molecule has 1 saturated carbocycles. The molecule has 1 amide bonds. The fraction of sp³-hybridized carbons (Fsp3) is 0.478. The summed E-state index contributed by atoms with van der Waals surface area (Å²) in [6.07, 6.45) is 1.86. The van der Waals surface area contributed by atoms with Crippen LogP contribution in [0.25, 0.3) is 11.3 Å². The van der Waals surface area contributed by atoms with Gasteiger partial charge < -0.3 is 14.4 Å². The van der Waals surface area contributed by atoms with Crippen LogP contribution in [0.1, 0.15) is 20.8 Å². The fourth-order valence-corrected chi connectivity index (χ4v) is 4.73. The predicted octanol–water partition coefficient (Wildman–Crippen LogP) is 3.92. The van der Waals surface area contributed by atoms with Crippen LogP contribution in [0.2, 0.25) is 0 Å². The predicted molar refractivity (Wildman–Crippen MR) is 116 cm³/mol. The standard InChI is InChI=1S/C23H26F2N2O5S/c1-23(2,3)32-22(28)27-10-15-16(11-27)17(15)12-31-21-18(24)7-13(8-19(21)25)20-6-5-14(9-26-20)33(4,29)30/h5-9,15-17H,10-12H2,1-4H3/t15-,16-/m0/s1. The third kappa shape index (κ3) is 5.10. The molecule has 1 aliphatic heterocycles. The highest BCUT2D eigenvalue weighted by molar-refractivity contribution is 7.90. The van der Waals surface area contributed by atoms with Crippen LogP contribution in [0.15, 0.2) is 35.4 Å². The third-order valence-electron chi connectivity index (χ3n) is 5.90. The van der Waals surface area contributed by atoms with Crippen LogP contribution in [0, 0.1) is 29.4 Å². The molecule has 0 N–H and O–H groups in total. The largest absolute Gasteiger partial charge is 0.487 e. The van der Waals surface area contributed by atoms with E-state index in [0.717, 1.165) is 24.6 Å². The number of sulfone groups is 1. The van der Waals surface area contributed by atoms with Crippen molar-refractivity contribution in [1.29, 1.82) is 0 Å². The number of ether oxygens (including phenoxy) is 2. The number of benzene rings is 1. The van der Waals surface area contributed by atoms with Gasteiger partial charge in [0.1, 0.15) is 5.60 Å². The molecule has 0 spiro atoms. The summed E-state index contributed by atoms with van der Waals surface area (Å²) < 4.78 is 63.1. The summed E-state index contributed by atoms with van der Waals surface area (Å²) in [4.78, 5) is 17.8. The van der Waals surface area contributed by atoms with Crippen LogP contribution in [-0.2, 0) is 14.6 Å². The third-order valence-corrected chi connectivity index (χ3v) is 7.00. The van der Waals surface area contributed by atoms with Crippen LogP contribution in [0.3, 0.4) is 0 Å². The number of piperidine rings is 1. The van der Waals surface area contributed by atoms with Crippen molar-refractivity contribution in [1.82, 2.24) is 9.88 Å². The molecule has 4 rings (SSSR count). The Morgan fingerprint density at radius 1 is 1.15 bits per heavy atom. The van der Waals surface area contributed by atoms with Crippen molar-refractivity contribution in [2.45, 2.75) is 31.3 Å². The molecule has 0 radical (unpaired) electrons. The van der Waals surface area contributed by atoms with E-state index in [0.29, 0.717) is 13.1 Å². The van der Waals surface area contributed by atoms with Crippen molar-refractivity contribution >= 4 is 15.9 Å². The summed E-state index contributed by atoms with van der Waals surface area (Å²) in [6, 6.07) is 4.95. The van der Waals surface area contributed by atoms with E-state index in [2.05, 4.69) is 4.98 Å². The van der Waals surface area contributed by atoms with E-state index < -0.39 is 32.8 Å². The zero-order valence-corrected chi connectivity index (χ0v) is 19.7. The molecule has 1 aliphatic carbocycles. The number of nitrogens with zero attached hydrogens (tertiary/aromatic N) is 2. The number of carbonyl (C=O) groups is 1. The first-order valence-corrected chi connectivity index (χ1v) is 12.5. The van der Waals surface area contributed by atoms with E-state index in [1.807, 2.05) is 20.8 Å². The number of fused-ring (bicyclic) bond motifs is 1. The van der Waals surface area contributed by atoms with Gasteiger partial charge in [-0.15, -0.1) is 0 Å². The maximum Gasteiger partial charge on any atom is 0.410 e. The number of carbonyl (C=O) groups excluding carboxylic acids is 1. The Kier molecular flexibility index (Phi) is 5.84. The number of pyridine rings is 1. The Balaban J connectivity index is 1.36. The van der Waals surface area contributed by atoms with E-state index in [-0.39, 0.29) is 46.6 Å². The summed E-state index contributed by atoms with van der Waals surface area (Å²) >= 11 is 0. The fourth-order valence-electron chi connectivity index (χ4n) is 4.17. The zero-order chi connectivity index (χ0) is 24.1. The summed E-state index contributed by atoms with van der Waals surface area (Å²) in [6.45, 7) is 6.69. The number of likely N-dealkylation sites (tertiary alicyclic amines) is 1. The molecular formula is C23H26F2N2O5S.